The van der Waals surface area contributed by atoms with E-state index in [1.807, 2.05) is 18.2 Å². The van der Waals surface area contributed by atoms with Gasteiger partial charge in [0.25, 0.3) is 0 Å². The smallest absolute Gasteiger partial charge is 0.101 e. The average molecular weight is 212 g/mol. The minimum Gasteiger partial charge on any atom is -0.381 e. The Bertz CT molecular complexity index is 461. The highest BCUT2D eigenvalue weighted by Gasteiger charge is 2.14. The molecule has 1 saturated heterocycles. The van der Waals surface area contributed by atoms with Crippen molar-refractivity contribution in [1.29, 1.82) is 10.5 Å². The van der Waals surface area contributed by atoms with Gasteiger partial charge in [0, 0.05) is 18.3 Å². The van der Waals surface area contributed by atoms with Crippen LogP contribution in [0.15, 0.2) is 18.2 Å². The lowest BCUT2D eigenvalue weighted by Gasteiger charge is -2.13. The Balaban J connectivity index is 2.17. The second kappa shape index (κ2) is 4.65. The van der Waals surface area contributed by atoms with E-state index in [1.165, 1.54) is 0 Å². The van der Waals surface area contributed by atoms with Crippen LogP contribution >= 0.6 is 0 Å². The van der Waals surface area contributed by atoms with Crippen molar-refractivity contribution in [3.05, 3.63) is 29.3 Å². The fourth-order valence-corrected chi connectivity index (χ4v) is 1.84. The third-order valence-electron chi connectivity index (χ3n) is 2.69. The van der Waals surface area contributed by atoms with E-state index in [0.29, 0.717) is 17.2 Å². The Kier molecular flexibility index (Phi) is 3.05. The van der Waals surface area contributed by atoms with Crippen molar-refractivity contribution in [2.75, 3.05) is 18.4 Å². The Morgan fingerprint density at radius 3 is 2.69 bits per heavy atom. The summed E-state index contributed by atoms with van der Waals surface area (Å²) in [4.78, 5) is 0. The monoisotopic (exact) mass is 212 g/mol. The van der Waals surface area contributed by atoms with Crippen LogP contribution in [0.4, 0.5) is 5.69 Å². The third-order valence-corrected chi connectivity index (χ3v) is 2.69. The molecule has 1 aromatic carbocycles. The van der Waals surface area contributed by atoms with Crippen molar-refractivity contribution >= 4 is 5.69 Å². The van der Waals surface area contributed by atoms with Crippen LogP contribution in [-0.2, 0) is 0 Å². The Hall–Kier alpha value is -2.04. The van der Waals surface area contributed by atoms with E-state index in [4.69, 9.17) is 10.5 Å². The van der Waals surface area contributed by atoms with Gasteiger partial charge >= 0.3 is 0 Å². The van der Waals surface area contributed by atoms with E-state index in [-0.39, 0.29) is 0 Å². The number of nitriles is 2. The summed E-state index contributed by atoms with van der Waals surface area (Å²) in [6.45, 7) is 1.97. The molecule has 0 amide bonds. The maximum absolute atomic E-state index is 8.89. The number of hydrogen-bond donors (Lipinski definition) is 2. The molecule has 0 aliphatic carbocycles. The van der Waals surface area contributed by atoms with E-state index in [9.17, 15) is 0 Å². The predicted molar refractivity (Wildman–Crippen MR) is 60.8 cm³/mol. The zero-order valence-electron chi connectivity index (χ0n) is 8.83. The zero-order chi connectivity index (χ0) is 11.4. The largest absolute Gasteiger partial charge is 0.381 e. The molecule has 0 aromatic heterocycles. The number of nitrogens with zero attached hydrogens (tertiary/aromatic N) is 2. The first-order valence-corrected chi connectivity index (χ1v) is 5.25. The van der Waals surface area contributed by atoms with Gasteiger partial charge in [-0.15, -0.1) is 0 Å². The number of anilines is 1. The van der Waals surface area contributed by atoms with Crippen molar-refractivity contribution in [2.45, 2.75) is 12.5 Å². The van der Waals surface area contributed by atoms with E-state index in [0.717, 1.165) is 25.2 Å². The van der Waals surface area contributed by atoms with Crippen LogP contribution in [0.25, 0.3) is 0 Å². The van der Waals surface area contributed by atoms with E-state index in [1.54, 1.807) is 12.1 Å². The topological polar surface area (TPSA) is 71.6 Å². The first-order chi connectivity index (χ1) is 7.83. The van der Waals surface area contributed by atoms with E-state index in [2.05, 4.69) is 10.6 Å². The lowest BCUT2D eigenvalue weighted by Crippen LogP contribution is -2.22. The van der Waals surface area contributed by atoms with Gasteiger partial charge in [0.15, 0.2) is 0 Å². The van der Waals surface area contributed by atoms with Gasteiger partial charge in [-0.2, -0.15) is 10.5 Å². The second-order valence-electron chi connectivity index (χ2n) is 3.82. The quantitative estimate of drug-likeness (QED) is 0.772. The summed E-state index contributed by atoms with van der Waals surface area (Å²) >= 11 is 0. The highest BCUT2D eigenvalue weighted by atomic mass is 15.0. The molecule has 80 valence electrons. The number of hydrogen-bond acceptors (Lipinski definition) is 4. The minimum absolute atomic E-state index is 0.416. The highest BCUT2D eigenvalue weighted by molar-refractivity contribution is 5.56. The van der Waals surface area contributed by atoms with Crippen molar-refractivity contribution in [2.24, 2.45) is 0 Å². The van der Waals surface area contributed by atoms with Crippen LogP contribution in [0.3, 0.4) is 0 Å². The van der Waals surface area contributed by atoms with E-state index < -0.39 is 0 Å². The molecule has 1 aliphatic rings. The van der Waals surface area contributed by atoms with Crippen LogP contribution < -0.4 is 10.6 Å². The summed E-state index contributed by atoms with van der Waals surface area (Å²) in [7, 11) is 0. The van der Waals surface area contributed by atoms with Crippen molar-refractivity contribution in [3.63, 3.8) is 0 Å². The summed E-state index contributed by atoms with van der Waals surface area (Å²) in [5, 5.41) is 24.3. The Morgan fingerprint density at radius 2 is 2.06 bits per heavy atom. The fourth-order valence-electron chi connectivity index (χ4n) is 1.84. The van der Waals surface area contributed by atoms with Gasteiger partial charge in [-0.3, -0.25) is 0 Å². The van der Waals surface area contributed by atoms with Gasteiger partial charge in [-0.05, 0) is 31.2 Å². The molecule has 0 bridgehead atoms. The molecular formula is C12H12N4. The molecule has 0 spiro atoms. The van der Waals surface area contributed by atoms with Crippen LogP contribution in [0.1, 0.15) is 17.5 Å². The lowest BCUT2D eigenvalue weighted by molar-refractivity contribution is 0.793. The van der Waals surface area contributed by atoms with Crippen molar-refractivity contribution in [3.8, 4) is 12.1 Å². The number of rotatable bonds is 2. The predicted octanol–water partition coefficient (Wildman–Crippen LogP) is 1.20. The first kappa shape index (κ1) is 10.5. The van der Waals surface area contributed by atoms with Crippen LogP contribution in [0.5, 0.6) is 0 Å². The molecule has 2 N–H and O–H groups in total. The van der Waals surface area contributed by atoms with Gasteiger partial charge in [-0.25, -0.2) is 0 Å². The fraction of sp³-hybridized carbons (Fsp3) is 0.333. The number of nitrogens with one attached hydrogen (secondary N) is 2. The van der Waals surface area contributed by atoms with Gasteiger partial charge < -0.3 is 10.6 Å². The van der Waals surface area contributed by atoms with Crippen LogP contribution in [-0.4, -0.2) is 19.1 Å². The number of benzene rings is 1. The average Bonchev–Trinajstić information content (AvgIpc) is 2.81. The van der Waals surface area contributed by atoms with Crippen molar-refractivity contribution < 1.29 is 0 Å². The third kappa shape index (κ3) is 2.13. The van der Waals surface area contributed by atoms with Gasteiger partial charge in [0.05, 0.1) is 11.1 Å². The maximum Gasteiger partial charge on any atom is 0.101 e. The van der Waals surface area contributed by atoms with Crippen LogP contribution in [0, 0.1) is 22.7 Å². The maximum atomic E-state index is 8.89. The molecule has 1 atom stereocenters. The first-order valence-electron chi connectivity index (χ1n) is 5.25. The van der Waals surface area contributed by atoms with Gasteiger partial charge in [-0.1, -0.05) is 0 Å². The molecule has 1 aliphatic heterocycles. The second-order valence-corrected chi connectivity index (χ2v) is 3.82. The normalized spacial score (nSPS) is 18.8. The highest BCUT2D eigenvalue weighted by Crippen LogP contribution is 2.16. The molecule has 0 radical (unpaired) electrons. The summed E-state index contributed by atoms with van der Waals surface area (Å²) in [6.07, 6.45) is 1.09. The summed E-state index contributed by atoms with van der Waals surface area (Å²) in [5.41, 5.74) is 1.76. The summed E-state index contributed by atoms with van der Waals surface area (Å²) in [6, 6.07) is 9.72. The van der Waals surface area contributed by atoms with Gasteiger partial charge in [0.2, 0.25) is 0 Å². The molecule has 2 rings (SSSR count). The Morgan fingerprint density at radius 1 is 1.25 bits per heavy atom. The van der Waals surface area contributed by atoms with Crippen molar-refractivity contribution in [1.82, 2.24) is 5.32 Å². The van der Waals surface area contributed by atoms with E-state index >= 15 is 0 Å². The lowest BCUT2D eigenvalue weighted by atomic mass is 10.1. The molecule has 1 heterocycles. The molecule has 0 saturated carbocycles. The SMILES string of the molecule is N#Cc1ccc(NC2CCNC2)cc1C#N. The summed E-state index contributed by atoms with van der Waals surface area (Å²) < 4.78 is 0. The standard InChI is InChI=1S/C12H12N4/c13-6-9-1-2-11(5-10(9)7-14)16-12-3-4-15-8-12/h1-2,5,12,15-16H,3-4,8H2. The molecule has 1 unspecified atom stereocenters. The molecule has 1 fully saturated rings. The Labute approximate surface area is 94.5 Å². The molecule has 4 heteroatoms. The summed E-state index contributed by atoms with van der Waals surface area (Å²) in [5.74, 6) is 0. The molecule has 1 aromatic rings. The molecular weight excluding hydrogens is 200 g/mol. The van der Waals surface area contributed by atoms with Crippen LogP contribution in [0.2, 0.25) is 0 Å². The van der Waals surface area contributed by atoms with Gasteiger partial charge in [0.1, 0.15) is 12.1 Å². The molecule has 4 nitrogen and oxygen atoms in total. The minimum atomic E-state index is 0.416. The molecule has 16 heavy (non-hydrogen) atoms. The zero-order valence-corrected chi connectivity index (χ0v) is 8.83.